The van der Waals surface area contributed by atoms with Crippen molar-refractivity contribution in [2.24, 2.45) is 5.73 Å². The topological polar surface area (TPSA) is 58.4 Å². The molecule has 3 N–H and O–H groups in total. The number of nitrogens with one attached hydrogen (secondary N) is 1. The summed E-state index contributed by atoms with van der Waals surface area (Å²) in [7, 11) is 0. The van der Waals surface area contributed by atoms with Gasteiger partial charge in [-0.1, -0.05) is 30.8 Å². The highest BCUT2D eigenvalue weighted by Gasteiger charge is 2.27. The Morgan fingerprint density at radius 1 is 1.43 bits per heavy atom. The van der Waals surface area contributed by atoms with Crippen LogP contribution >= 0.6 is 12.2 Å². The Labute approximate surface area is 131 Å². The lowest BCUT2D eigenvalue weighted by atomic mass is 10.0. The molecule has 0 radical (unpaired) electrons. The van der Waals surface area contributed by atoms with Gasteiger partial charge < -0.3 is 11.1 Å². The number of thiocarbonyl (C=S) groups is 1. The second-order valence-corrected chi connectivity index (χ2v) is 6.10. The highest BCUT2D eigenvalue weighted by atomic mass is 32.1. The van der Waals surface area contributed by atoms with Gasteiger partial charge in [-0.25, -0.2) is 0 Å². The maximum atomic E-state index is 12.5. The summed E-state index contributed by atoms with van der Waals surface area (Å²) in [5, 5.41) is 2.96. The van der Waals surface area contributed by atoms with E-state index < -0.39 is 0 Å². The van der Waals surface area contributed by atoms with Gasteiger partial charge in [-0.15, -0.1) is 0 Å². The molecule has 2 unspecified atom stereocenters. The molecule has 2 atom stereocenters. The molecule has 0 aromatic heterocycles. The van der Waals surface area contributed by atoms with Crippen LogP contribution in [-0.4, -0.2) is 34.4 Å². The van der Waals surface area contributed by atoms with Crippen LogP contribution in [0.1, 0.15) is 38.7 Å². The van der Waals surface area contributed by atoms with Crippen LogP contribution in [0.3, 0.4) is 0 Å². The fourth-order valence-electron chi connectivity index (χ4n) is 2.89. The van der Waals surface area contributed by atoms with E-state index in [1.807, 2.05) is 31.2 Å². The molecule has 0 aliphatic carbocycles. The third-order valence-electron chi connectivity index (χ3n) is 4.18. The molecule has 0 spiro atoms. The fraction of sp³-hybridized carbons (Fsp3) is 0.500. The molecule has 0 saturated carbocycles. The van der Waals surface area contributed by atoms with Crippen LogP contribution in [-0.2, 0) is 4.79 Å². The number of benzene rings is 1. The normalized spacial score (nSPS) is 20.8. The van der Waals surface area contributed by atoms with E-state index in [9.17, 15) is 4.79 Å². The van der Waals surface area contributed by atoms with Crippen molar-refractivity contribution in [2.45, 2.75) is 45.2 Å². The van der Waals surface area contributed by atoms with Gasteiger partial charge in [0.1, 0.15) is 4.99 Å². The number of hydrogen-bond acceptors (Lipinski definition) is 3. The minimum atomic E-state index is -0.153. The number of amides is 1. The monoisotopic (exact) mass is 305 g/mol. The maximum absolute atomic E-state index is 12.5. The summed E-state index contributed by atoms with van der Waals surface area (Å²) >= 11 is 5.03. The summed E-state index contributed by atoms with van der Waals surface area (Å²) in [5.74, 6) is -0.00699. The van der Waals surface area contributed by atoms with Crippen molar-refractivity contribution in [1.29, 1.82) is 0 Å². The third-order valence-corrected chi connectivity index (χ3v) is 4.40. The number of piperidine rings is 1. The molecule has 2 rings (SSSR count). The van der Waals surface area contributed by atoms with Gasteiger partial charge >= 0.3 is 0 Å². The predicted molar refractivity (Wildman–Crippen MR) is 90.4 cm³/mol. The lowest BCUT2D eigenvalue weighted by Crippen LogP contribution is -2.49. The van der Waals surface area contributed by atoms with Crippen LogP contribution < -0.4 is 11.1 Å². The van der Waals surface area contributed by atoms with Crippen LogP contribution in [0.5, 0.6) is 0 Å². The highest BCUT2D eigenvalue weighted by Crippen LogP contribution is 2.21. The largest absolute Gasteiger partial charge is 0.389 e. The summed E-state index contributed by atoms with van der Waals surface area (Å²) < 4.78 is 0. The quantitative estimate of drug-likeness (QED) is 0.839. The standard InChI is InChI=1S/C16H23N3OS/c1-11-7-5-6-10-19(11)12(2)16(20)18-14-9-4-3-8-13(14)15(17)21/h3-4,8-9,11-12H,5-7,10H2,1-2H3,(H2,17,21)(H,18,20). The highest BCUT2D eigenvalue weighted by molar-refractivity contribution is 7.80. The van der Waals surface area contributed by atoms with Crippen LogP contribution in [0.15, 0.2) is 24.3 Å². The molecule has 1 aromatic carbocycles. The van der Waals surface area contributed by atoms with Gasteiger partial charge in [-0.2, -0.15) is 0 Å². The maximum Gasteiger partial charge on any atom is 0.241 e. The van der Waals surface area contributed by atoms with E-state index in [1.54, 1.807) is 0 Å². The smallest absolute Gasteiger partial charge is 0.241 e. The molecule has 1 saturated heterocycles. The number of likely N-dealkylation sites (tertiary alicyclic amines) is 1. The van der Waals surface area contributed by atoms with Crippen LogP contribution in [0.25, 0.3) is 0 Å². The van der Waals surface area contributed by atoms with Crippen molar-refractivity contribution >= 4 is 28.8 Å². The number of para-hydroxylation sites is 1. The van der Waals surface area contributed by atoms with Crippen molar-refractivity contribution in [1.82, 2.24) is 4.90 Å². The third kappa shape index (κ3) is 3.80. The molecule has 1 aromatic rings. The number of nitrogens with zero attached hydrogens (tertiary/aromatic N) is 1. The van der Waals surface area contributed by atoms with Crippen molar-refractivity contribution in [2.75, 3.05) is 11.9 Å². The Morgan fingerprint density at radius 2 is 2.14 bits per heavy atom. The zero-order chi connectivity index (χ0) is 15.4. The van der Waals surface area contributed by atoms with Crippen molar-refractivity contribution < 1.29 is 4.79 Å². The number of hydrogen-bond donors (Lipinski definition) is 2. The first kappa shape index (κ1) is 15.9. The summed E-state index contributed by atoms with van der Waals surface area (Å²) in [6, 6.07) is 7.68. The predicted octanol–water partition coefficient (Wildman–Crippen LogP) is 2.52. The van der Waals surface area contributed by atoms with E-state index in [0.717, 1.165) is 19.4 Å². The van der Waals surface area contributed by atoms with Gasteiger partial charge in [0.25, 0.3) is 0 Å². The molecule has 1 aliphatic heterocycles. The summed E-state index contributed by atoms with van der Waals surface area (Å²) in [5.41, 5.74) is 7.10. The average molecular weight is 305 g/mol. The fourth-order valence-corrected chi connectivity index (χ4v) is 3.07. The van der Waals surface area contributed by atoms with Gasteiger partial charge in [0, 0.05) is 11.6 Å². The van der Waals surface area contributed by atoms with Crippen LogP contribution in [0, 0.1) is 0 Å². The van der Waals surface area contributed by atoms with Crippen LogP contribution in [0.2, 0.25) is 0 Å². The lowest BCUT2D eigenvalue weighted by Gasteiger charge is -2.37. The molecule has 0 bridgehead atoms. The van der Waals surface area contributed by atoms with Crippen LogP contribution in [0.4, 0.5) is 5.69 Å². The van der Waals surface area contributed by atoms with Gasteiger partial charge in [-0.05, 0) is 45.4 Å². The van der Waals surface area contributed by atoms with E-state index in [1.165, 1.54) is 6.42 Å². The molecular weight excluding hydrogens is 282 g/mol. The molecule has 1 amide bonds. The minimum absolute atomic E-state index is 0.00699. The Kier molecular flexibility index (Phi) is 5.31. The average Bonchev–Trinajstić information content (AvgIpc) is 2.47. The Hall–Kier alpha value is -1.46. The SMILES string of the molecule is CC1CCCCN1C(C)C(=O)Nc1ccccc1C(N)=S. The molecule has 5 heteroatoms. The van der Waals surface area contributed by atoms with Crippen molar-refractivity contribution in [3.05, 3.63) is 29.8 Å². The first-order valence-corrected chi connectivity index (χ1v) is 7.87. The number of nitrogens with two attached hydrogens (primary N) is 1. The zero-order valence-corrected chi connectivity index (χ0v) is 13.5. The van der Waals surface area contributed by atoms with E-state index in [2.05, 4.69) is 17.1 Å². The molecule has 4 nitrogen and oxygen atoms in total. The lowest BCUT2D eigenvalue weighted by molar-refractivity contribution is -0.122. The number of carbonyl (C=O) groups excluding carboxylic acids is 1. The van der Waals surface area contributed by atoms with E-state index >= 15 is 0 Å². The Morgan fingerprint density at radius 3 is 2.81 bits per heavy atom. The second-order valence-electron chi connectivity index (χ2n) is 5.66. The second kappa shape index (κ2) is 7.00. The summed E-state index contributed by atoms with van der Waals surface area (Å²) in [4.78, 5) is 15.1. The number of carbonyl (C=O) groups is 1. The molecule has 21 heavy (non-hydrogen) atoms. The summed E-state index contributed by atoms with van der Waals surface area (Å²) in [6.45, 7) is 5.12. The molecule has 1 aliphatic rings. The van der Waals surface area contributed by atoms with Gasteiger partial charge in [0.05, 0.1) is 11.7 Å². The summed E-state index contributed by atoms with van der Waals surface area (Å²) in [6.07, 6.45) is 3.56. The van der Waals surface area contributed by atoms with Gasteiger partial charge in [-0.3, -0.25) is 9.69 Å². The molecule has 114 valence electrons. The van der Waals surface area contributed by atoms with E-state index in [-0.39, 0.29) is 11.9 Å². The van der Waals surface area contributed by atoms with Crippen molar-refractivity contribution in [3.8, 4) is 0 Å². The number of rotatable bonds is 4. The molecular formula is C16H23N3OS. The van der Waals surface area contributed by atoms with E-state index in [4.69, 9.17) is 18.0 Å². The molecule has 1 heterocycles. The zero-order valence-electron chi connectivity index (χ0n) is 12.6. The Bertz CT molecular complexity index is 532. The van der Waals surface area contributed by atoms with Gasteiger partial charge in [0.15, 0.2) is 0 Å². The van der Waals surface area contributed by atoms with Gasteiger partial charge in [0.2, 0.25) is 5.91 Å². The minimum Gasteiger partial charge on any atom is -0.389 e. The van der Waals surface area contributed by atoms with Crippen molar-refractivity contribution in [3.63, 3.8) is 0 Å². The number of anilines is 1. The first-order valence-electron chi connectivity index (χ1n) is 7.46. The Balaban J connectivity index is 2.09. The molecule has 1 fully saturated rings. The first-order chi connectivity index (χ1) is 10.0. The van der Waals surface area contributed by atoms with E-state index in [0.29, 0.717) is 22.3 Å².